The van der Waals surface area contributed by atoms with Gasteiger partial charge in [0.15, 0.2) is 0 Å². The van der Waals surface area contributed by atoms with Gasteiger partial charge in [-0.15, -0.1) is 0 Å². The molecule has 0 aromatic heterocycles. The van der Waals surface area contributed by atoms with Gasteiger partial charge in [-0.25, -0.2) is 4.39 Å². The first kappa shape index (κ1) is 11.7. The summed E-state index contributed by atoms with van der Waals surface area (Å²) in [5.74, 6) is 1.88. The van der Waals surface area contributed by atoms with E-state index in [2.05, 4.69) is 4.90 Å². The monoisotopic (exact) mass is 241 g/mol. The molecule has 2 rings (SSSR count). The zero-order valence-corrected chi connectivity index (χ0v) is 10.1. The van der Waals surface area contributed by atoms with Crippen LogP contribution in [0.25, 0.3) is 0 Å². The summed E-state index contributed by atoms with van der Waals surface area (Å²) in [5.41, 5.74) is 1.29. The van der Waals surface area contributed by atoms with E-state index < -0.39 is 6.10 Å². The Hall–Kier alpha value is -0.740. The number of aliphatic hydroxyl groups excluding tert-OH is 1. The normalized spacial score (nSPS) is 18.6. The third-order valence-corrected chi connectivity index (χ3v) is 3.75. The minimum atomic E-state index is -0.611. The Morgan fingerprint density at radius 3 is 2.62 bits per heavy atom. The Morgan fingerprint density at radius 1 is 1.38 bits per heavy atom. The summed E-state index contributed by atoms with van der Waals surface area (Å²) in [6, 6.07) is 5.00. The van der Waals surface area contributed by atoms with Crippen LogP contribution in [-0.2, 0) is 0 Å². The lowest BCUT2D eigenvalue weighted by Gasteiger charge is -2.29. The fourth-order valence-electron chi connectivity index (χ4n) is 1.84. The lowest BCUT2D eigenvalue weighted by molar-refractivity contribution is 0.199. The van der Waals surface area contributed by atoms with E-state index in [9.17, 15) is 9.50 Å². The third kappa shape index (κ3) is 2.50. The molecule has 88 valence electrons. The molecule has 1 fully saturated rings. The summed E-state index contributed by atoms with van der Waals surface area (Å²) in [7, 11) is 0. The van der Waals surface area contributed by atoms with Gasteiger partial charge in [0, 0.05) is 24.6 Å². The maximum absolute atomic E-state index is 13.8. The smallest absolute Gasteiger partial charge is 0.146 e. The molecule has 1 saturated heterocycles. The van der Waals surface area contributed by atoms with Crippen LogP contribution < -0.4 is 4.90 Å². The number of hydrogen-bond donors (Lipinski definition) is 1. The van der Waals surface area contributed by atoms with Gasteiger partial charge < -0.3 is 10.0 Å². The van der Waals surface area contributed by atoms with Crippen LogP contribution in [0.15, 0.2) is 18.2 Å². The predicted molar refractivity (Wildman–Crippen MR) is 66.6 cm³/mol. The fourth-order valence-corrected chi connectivity index (χ4v) is 2.75. The number of benzene rings is 1. The first-order valence-corrected chi connectivity index (χ1v) is 6.64. The van der Waals surface area contributed by atoms with Crippen LogP contribution in [0.2, 0.25) is 0 Å². The minimum absolute atomic E-state index is 0.231. The zero-order valence-electron chi connectivity index (χ0n) is 9.32. The highest BCUT2D eigenvalue weighted by Gasteiger charge is 2.15. The largest absolute Gasteiger partial charge is 0.389 e. The van der Waals surface area contributed by atoms with Crippen molar-refractivity contribution < 1.29 is 9.50 Å². The van der Waals surface area contributed by atoms with E-state index in [-0.39, 0.29) is 5.82 Å². The van der Waals surface area contributed by atoms with Crippen molar-refractivity contribution in [3.63, 3.8) is 0 Å². The summed E-state index contributed by atoms with van der Waals surface area (Å²) in [4.78, 5) is 2.07. The Bertz CT molecular complexity index is 364. The van der Waals surface area contributed by atoms with Crippen LogP contribution in [0, 0.1) is 5.82 Å². The van der Waals surface area contributed by atoms with E-state index in [1.54, 1.807) is 19.1 Å². The number of hydrogen-bond acceptors (Lipinski definition) is 3. The van der Waals surface area contributed by atoms with Crippen LogP contribution in [0.3, 0.4) is 0 Å². The number of anilines is 1. The average Bonchev–Trinajstić information content (AvgIpc) is 2.30. The molecule has 0 unspecified atom stereocenters. The molecule has 16 heavy (non-hydrogen) atoms. The Labute approximate surface area is 99.5 Å². The Morgan fingerprint density at radius 2 is 2.06 bits per heavy atom. The summed E-state index contributed by atoms with van der Waals surface area (Å²) < 4.78 is 13.8. The van der Waals surface area contributed by atoms with Crippen molar-refractivity contribution in [3.05, 3.63) is 29.6 Å². The maximum Gasteiger partial charge on any atom is 0.146 e. The first-order chi connectivity index (χ1) is 7.68. The minimum Gasteiger partial charge on any atom is -0.389 e. The molecule has 1 N–H and O–H groups in total. The van der Waals surface area contributed by atoms with E-state index in [4.69, 9.17) is 0 Å². The third-order valence-electron chi connectivity index (χ3n) is 2.81. The molecule has 1 aliphatic rings. The van der Waals surface area contributed by atoms with Crippen molar-refractivity contribution in [3.8, 4) is 0 Å². The molecule has 1 atom stereocenters. The molecular formula is C12H16FNOS. The van der Waals surface area contributed by atoms with Crippen molar-refractivity contribution in [2.75, 3.05) is 29.5 Å². The molecule has 0 saturated carbocycles. The molecule has 0 amide bonds. The second-order valence-electron chi connectivity index (χ2n) is 3.99. The van der Waals surface area contributed by atoms with Crippen LogP contribution in [0.1, 0.15) is 18.6 Å². The highest BCUT2D eigenvalue weighted by Crippen LogP contribution is 2.25. The van der Waals surface area contributed by atoms with Gasteiger partial charge in [0.1, 0.15) is 5.82 Å². The maximum atomic E-state index is 13.8. The van der Waals surface area contributed by atoms with E-state index >= 15 is 0 Å². The molecule has 1 heterocycles. The van der Waals surface area contributed by atoms with E-state index in [0.717, 1.165) is 24.6 Å². The molecule has 1 aromatic carbocycles. The lowest BCUT2D eigenvalue weighted by atomic mass is 10.1. The van der Waals surface area contributed by atoms with Crippen molar-refractivity contribution in [2.24, 2.45) is 0 Å². The number of rotatable bonds is 2. The molecule has 2 nitrogen and oxygen atoms in total. The molecule has 0 aliphatic carbocycles. The average molecular weight is 241 g/mol. The van der Waals surface area contributed by atoms with Crippen molar-refractivity contribution >= 4 is 17.4 Å². The standard InChI is InChI=1S/C12H16FNOS/c1-9(15)10-2-3-12(11(13)8-10)14-4-6-16-7-5-14/h2-3,8-9,15H,4-7H2,1H3/t9-/m1/s1. The van der Waals surface area contributed by atoms with Gasteiger partial charge in [-0.3, -0.25) is 0 Å². The highest BCUT2D eigenvalue weighted by atomic mass is 32.2. The number of thioether (sulfide) groups is 1. The molecule has 4 heteroatoms. The molecular weight excluding hydrogens is 225 g/mol. The lowest BCUT2D eigenvalue weighted by Crippen LogP contribution is -2.33. The van der Waals surface area contributed by atoms with Crippen molar-refractivity contribution in [1.82, 2.24) is 0 Å². The number of aliphatic hydroxyl groups is 1. The second-order valence-corrected chi connectivity index (χ2v) is 5.21. The highest BCUT2D eigenvalue weighted by molar-refractivity contribution is 7.99. The predicted octanol–water partition coefficient (Wildman–Crippen LogP) is 2.43. The topological polar surface area (TPSA) is 23.5 Å². The van der Waals surface area contributed by atoms with Gasteiger partial charge in [-0.2, -0.15) is 11.8 Å². The summed E-state index contributed by atoms with van der Waals surface area (Å²) in [6.45, 7) is 3.44. The van der Waals surface area contributed by atoms with Gasteiger partial charge in [0.05, 0.1) is 11.8 Å². The van der Waals surface area contributed by atoms with Gasteiger partial charge in [0.25, 0.3) is 0 Å². The van der Waals surface area contributed by atoms with Crippen LogP contribution >= 0.6 is 11.8 Å². The van der Waals surface area contributed by atoms with Gasteiger partial charge in [-0.1, -0.05) is 6.07 Å². The molecule has 0 radical (unpaired) electrons. The first-order valence-electron chi connectivity index (χ1n) is 5.48. The molecule has 1 aliphatic heterocycles. The second kappa shape index (κ2) is 5.06. The summed E-state index contributed by atoms with van der Waals surface area (Å²) >= 11 is 1.90. The fraction of sp³-hybridized carbons (Fsp3) is 0.500. The van der Waals surface area contributed by atoms with E-state index in [1.165, 1.54) is 6.07 Å². The van der Waals surface area contributed by atoms with Gasteiger partial charge in [-0.05, 0) is 24.6 Å². The van der Waals surface area contributed by atoms with Gasteiger partial charge >= 0.3 is 0 Å². The summed E-state index contributed by atoms with van der Waals surface area (Å²) in [6.07, 6.45) is -0.611. The number of nitrogens with zero attached hydrogens (tertiary/aromatic N) is 1. The van der Waals surface area contributed by atoms with Crippen molar-refractivity contribution in [1.29, 1.82) is 0 Å². The van der Waals surface area contributed by atoms with Crippen LogP contribution in [-0.4, -0.2) is 29.7 Å². The SMILES string of the molecule is C[C@@H](O)c1ccc(N2CCSCC2)c(F)c1. The van der Waals surface area contributed by atoms with Crippen LogP contribution in [0.5, 0.6) is 0 Å². The molecule has 0 spiro atoms. The number of halogens is 1. The molecule has 0 bridgehead atoms. The summed E-state index contributed by atoms with van der Waals surface area (Å²) in [5, 5.41) is 9.37. The van der Waals surface area contributed by atoms with E-state index in [1.807, 2.05) is 11.8 Å². The zero-order chi connectivity index (χ0) is 11.5. The Kier molecular flexibility index (Phi) is 3.71. The quantitative estimate of drug-likeness (QED) is 0.860. The van der Waals surface area contributed by atoms with Crippen molar-refractivity contribution in [2.45, 2.75) is 13.0 Å². The van der Waals surface area contributed by atoms with Gasteiger partial charge in [0.2, 0.25) is 0 Å². The molecule has 1 aromatic rings. The Balaban J connectivity index is 2.21. The van der Waals surface area contributed by atoms with Crippen LogP contribution in [0.4, 0.5) is 10.1 Å². The van der Waals surface area contributed by atoms with E-state index in [0.29, 0.717) is 11.3 Å².